The molecule has 2 N–H and O–H groups in total. The van der Waals surface area contributed by atoms with E-state index in [9.17, 15) is 4.79 Å². The van der Waals surface area contributed by atoms with Gasteiger partial charge in [-0.3, -0.25) is 4.79 Å². The standard InChI is InChI=1S/C14H15NO3/c1-18-9-3-5-12-11(7-9)10-4-2-8(6-13(16)17)14(10)15-12/h3,5,7-8,15H,2,4,6H2,1H3,(H,16,17). The fourth-order valence-electron chi connectivity index (χ4n) is 2.87. The van der Waals surface area contributed by atoms with E-state index in [0.29, 0.717) is 0 Å². The molecule has 1 unspecified atom stereocenters. The Morgan fingerprint density at radius 2 is 2.39 bits per heavy atom. The van der Waals surface area contributed by atoms with Crippen LogP contribution in [0.15, 0.2) is 18.2 Å². The minimum atomic E-state index is -0.732. The monoisotopic (exact) mass is 245 g/mol. The van der Waals surface area contributed by atoms with Crippen LogP contribution in [0.2, 0.25) is 0 Å². The fraction of sp³-hybridized carbons (Fsp3) is 0.357. The molecule has 1 aromatic carbocycles. The van der Waals surface area contributed by atoms with Gasteiger partial charge in [0.2, 0.25) is 0 Å². The van der Waals surface area contributed by atoms with E-state index in [1.54, 1.807) is 7.11 Å². The first-order valence-electron chi connectivity index (χ1n) is 6.09. The normalized spacial score (nSPS) is 17.9. The Kier molecular flexibility index (Phi) is 2.51. The van der Waals surface area contributed by atoms with E-state index < -0.39 is 5.97 Å². The third-order valence-corrected chi connectivity index (χ3v) is 3.72. The van der Waals surface area contributed by atoms with Gasteiger partial charge in [0.1, 0.15) is 5.75 Å². The Hall–Kier alpha value is -1.97. The predicted molar refractivity (Wildman–Crippen MR) is 68.2 cm³/mol. The van der Waals surface area contributed by atoms with E-state index in [0.717, 1.165) is 35.2 Å². The summed E-state index contributed by atoms with van der Waals surface area (Å²) in [4.78, 5) is 14.2. The summed E-state index contributed by atoms with van der Waals surface area (Å²) in [7, 11) is 1.65. The number of aromatic nitrogens is 1. The molecule has 0 saturated heterocycles. The van der Waals surface area contributed by atoms with Crippen LogP contribution >= 0.6 is 0 Å². The Labute approximate surface area is 105 Å². The summed E-state index contributed by atoms with van der Waals surface area (Å²) in [5.74, 6) is 0.228. The SMILES string of the molecule is COc1ccc2[nH]c3c(c2c1)CCC3CC(=O)O. The van der Waals surface area contributed by atoms with Gasteiger partial charge in [-0.05, 0) is 36.6 Å². The van der Waals surface area contributed by atoms with Crippen LogP contribution in [-0.4, -0.2) is 23.2 Å². The van der Waals surface area contributed by atoms with Gasteiger partial charge in [0.05, 0.1) is 13.5 Å². The lowest BCUT2D eigenvalue weighted by Crippen LogP contribution is -2.03. The van der Waals surface area contributed by atoms with Crippen LogP contribution in [0.5, 0.6) is 5.75 Å². The summed E-state index contributed by atoms with van der Waals surface area (Å²) in [5.41, 5.74) is 3.42. The number of aromatic amines is 1. The summed E-state index contributed by atoms with van der Waals surface area (Å²) >= 11 is 0. The molecule has 1 aliphatic rings. The Morgan fingerprint density at radius 1 is 1.56 bits per heavy atom. The van der Waals surface area contributed by atoms with Crippen molar-refractivity contribution in [3.05, 3.63) is 29.5 Å². The molecule has 0 aliphatic heterocycles. The minimum absolute atomic E-state index is 0.121. The van der Waals surface area contributed by atoms with Crippen LogP contribution < -0.4 is 4.74 Å². The average molecular weight is 245 g/mol. The molecule has 4 nitrogen and oxygen atoms in total. The first-order valence-corrected chi connectivity index (χ1v) is 6.09. The van der Waals surface area contributed by atoms with Crippen molar-refractivity contribution >= 4 is 16.9 Å². The van der Waals surface area contributed by atoms with Gasteiger partial charge in [-0.2, -0.15) is 0 Å². The second kappa shape index (κ2) is 4.05. The van der Waals surface area contributed by atoms with Gasteiger partial charge in [0.25, 0.3) is 0 Å². The number of nitrogens with one attached hydrogen (secondary N) is 1. The molecule has 1 aromatic heterocycles. The first-order chi connectivity index (χ1) is 8.69. The number of aliphatic carboxylic acids is 1. The zero-order valence-corrected chi connectivity index (χ0v) is 10.2. The number of carbonyl (C=O) groups is 1. The summed E-state index contributed by atoms with van der Waals surface area (Å²) < 4.78 is 5.23. The van der Waals surface area contributed by atoms with Gasteiger partial charge >= 0.3 is 5.97 Å². The highest BCUT2D eigenvalue weighted by molar-refractivity contribution is 5.87. The maximum atomic E-state index is 10.8. The highest BCUT2D eigenvalue weighted by atomic mass is 16.5. The fourth-order valence-corrected chi connectivity index (χ4v) is 2.87. The summed E-state index contributed by atoms with van der Waals surface area (Å²) in [6.45, 7) is 0. The van der Waals surface area contributed by atoms with Crippen LogP contribution in [0.3, 0.4) is 0 Å². The largest absolute Gasteiger partial charge is 0.497 e. The molecule has 0 radical (unpaired) electrons. The molecule has 0 amide bonds. The third-order valence-electron chi connectivity index (χ3n) is 3.72. The maximum absolute atomic E-state index is 10.8. The number of H-pyrrole nitrogens is 1. The van der Waals surface area contributed by atoms with E-state index in [4.69, 9.17) is 9.84 Å². The van der Waals surface area contributed by atoms with E-state index in [1.165, 1.54) is 5.56 Å². The number of aryl methyl sites for hydroxylation is 1. The van der Waals surface area contributed by atoms with E-state index >= 15 is 0 Å². The van der Waals surface area contributed by atoms with E-state index in [1.807, 2.05) is 18.2 Å². The molecular formula is C14H15NO3. The van der Waals surface area contributed by atoms with Gasteiger partial charge in [-0.1, -0.05) is 0 Å². The molecule has 1 aliphatic carbocycles. The lowest BCUT2D eigenvalue weighted by atomic mass is 10.0. The van der Waals surface area contributed by atoms with Crippen molar-refractivity contribution < 1.29 is 14.6 Å². The molecule has 0 spiro atoms. The Bertz CT molecular complexity index is 615. The quantitative estimate of drug-likeness (QED) is 0.873. The zero-order valence-electron chi connectivity index (χ0n) is 10.2. The number of rotatable bonds is 3. The second-order valence-corrected chi connectivity index (χ2v) is 4.76. The molecule has 0 bridgehead atoms. The molecule has 4 heteroatoms. The molecule has 0 fully saturated rings. The third kappa shape index (κ3) is 1.65. The van der Waals surface area contributed by atoms with Gasteiger partial charge in [-0.15, -0.1) is 0 Å². The topological polar surface area (TPSA) is 62.3 Å². The van der Waals surface area contributed by atoms with Crippen LogP contribution in [0.4, 0.5) is 0 Å². The summed E-state index contributed by atoms with van der Waals surface area (Å²) in [6, 6.07) is 5.93. The molecule has 18 heavy (non-hydrogen) atoms. The molecule has 1 atom stereocenters. The van der Waals surface area contributed by atoms with Crippen molar-refractivity contribution in [2.45, 2.75) is 25.2 Å². The molecule has 3 rings (SSSR count). The average Bonchev–Trinajstić information content (AvgIpc) is 2.88. The molecule has 0 saturated carbocycles. The van der Waals surface area contributed by atoms with Gasteiger partial charge < -0.3 is 14.8 Å². The molecular weight excluding hydrogens is 230 g/mol. The number of benzene rings is 1. The Balaban J connectivity index is 2.07. The number of carboxylic acid groups (broad SMARTS) is 1. The van der Waals surface area contributed by atoms with Crippen LogP contribution in [-0.2, 0) is 11.2 Å². The van der Waals surface area contributed by atoms with E-state index in [-0.39, 0.29) is 12.3 Å². The van der Waals surface area contributed by atoms with Crippen molar-refractivity contribution in [1.29, 1.82) is 0 Å². The Morgan fingerprint density at radius 3 is 3.11 bits per heavy atom. The van der Waals surface area contributed by atoms with Crippen molar-refractivity contribution in [3.8, 4) is 5.75 Å². The molecule has 1 heterocycles. The van der Waals surface area contributed by atoms with Crippen molar-refractivity contribution in [2.24, 2.45) is 0 Å². The molecule has 94 valence electrons. The highest BCUT2D eigenvalue weighted by Gasteiger charge is 2.28. The number of fused-ring (bicyclic) bond motifs is 3. The van der Waals surface area contributed by atoms with Crippen molar-refractivity contribution in [1.82, 2.24) is 4.98 Å². The number of ether oxygens (including phenoxy) is 1. The highest BCUT2D eigenvalue weighted by Crippen LogP contribution is 2.40. The van der Waals surface area contributed by atoms with E-state index in [2.05, 4.69) is 4.98 Å². The van der Waals surface area contributed by atoms with Crippen LogP contribution in [0, 0.1) is 0 Å². The first kappa shape index (κ1) is 11.1. The minimum Gasteiger partial charge on any atom is -0.497 e. The predicted octanol–water partition coefficient (Wildman–Crippen LogP) is 2.68. The number of hydrogen-bond donors (Lipinski definition) is 2. The smallest absolute Gasteiger partial charge is 0.304 e. The number of hydrogen-bond acceptors (Lipinski definition) is 2. The zero-order chi connectivity index (χ0) is 12.7. The number of methoxy groups -OCH3 is 1. The van der Waals surface area contributed by atoms with Gasteiger partial charge in [0.15, 0.2) is 0 Å². The van der Waals surface area contributed by atoms with Gasteiger partial charge in [0, 0.05) is 22.5 Å². The van der Waals surface area contributed by atoms with Crippen LogP contribution in [0.25, 0.3) is 10.9 Å². The maximum Gasteiger partial charge on any atom is 0.304 e. The van der Waals surface area contributed by atoms with Crippen molar-refractivity contribution in [2.75, 3.05) is 7.11 Å². The lowest BCUT2D eigenvalue weighted by molar-refractivity contribution is -0.137. The summed E-state index contributed by atoms with van der Waals surface area (Å²) in [6.07, 6.45) is 2.07. The molecule has 2 aromatic rings. The summed E-state index contributed by atoms with van der Waals surface area (Å²) in [5, 5.41) is 10.1. The number of carboxylic acids is 1. The lowest BCUT2D eigenvalue weighted by Gasteiger charge is -2.05. The second-order valence-electron chi connectivity index (χ2n) is 4.76. The van der Waals surface area contributed by atoms with Gasteiger partial charge in [-0.25, -0.2) is 0 Å². The van der Waals surface area contributed by atoms with Crippen molar-refractivity contribution in [3.63, 3.8) is 0 Å². The van der Waals surface area contributed by atoms with Crippen LogP contribution in [0.1, 0.15) is 30.0 Å².